The van der Waals surface area contributed by atoms with E-state index in [1.807, 2.05) is 37.3 Å². The third-order valence-electron chi connectivity index (χ3n) is 6.49. The Kier molecular flexibility index (Phi) is 7.49. The Hall–Kier alpha value is -3.20. The highest BCUT2D eigenvalue weighted by atomic mass is 32.2. The smallest absolute Gasteiger partial charge is 0.241 e. The van der Waals surface area contributed by atoms with Crippen molar-refractivity contribution >= 4 is 15.9 Å². The zero-order chi connectivity index (χ0) is 25.9. The Labute approximate surface area is 213 Å². The van der Waals surface area contributed by atoms with Gasteiger partial charge in [-0.15, -0.1) is 0 Å². The van der Waals surface area contributed by atoms with Crippen molar-refractivity contribution < 1.29 is 18.3 Å². The number of aliphatic hydroxyl groups excluding tert-OH is 1. The van der Waals surface area contributed by atoms with E-state index < -0.39 is 27.8 Å². The minimum Gasteiger partial charge on any atom is -0.485 e. The fourth-order valence-corrected chi connectivity index (χ4v) is 5.49. The average molecular weight is 508 g/mol. The number of sulfonamides is 1. The SMILES string of the molecule is CCc1ccc(S(=O)(=O)N[C@@H]2c3cc(C(N)=NCCc4ccccc4)ccc3OC(C)(C)[C@H]2O)cc1. The quantitative estimate of drug-likeness (QED) is 0.317. The molecule has 0 saturated heterocycles. The summed E-state index contributed by atoms with van der Waals surface area (Å²) in [5.41, 5.74) is 8.62. The summed E-state index contributed by atoms with van der Waals surface area (Å²) in [5.74, 6) is 0.824. The van der Waals surface area contributed by atoms with Gasteiger partial charge in [0.15, 0.2) is 0 Å². The Balaban J connectivity index is 1.62. The van der Waals surface area contributed by atoms with Crippen LogP contribution in [0.5, 0.6) is 5.75 Å². The zero-order valence-electron chi connectivity index (χ0n) is 20.8. The molecule has 1 aliphatic rings. The lowest BCUT2D eigenvalue weighted by Gasteiger charge is -2.42. The van der Waals surface area contributed by atoms with Crippen LogP contribution in [0.1, 0.15) is 49.1 Å². The van der Waals surface area contributed by atoms with Crippen LogP contribution < -0.4 is 15.2 Å². The van der Waals surface area contributed by atoms with Crippen LogP contribution in [0, 0.1) is 0 Å². The largest absolute Gasteiger partial charge is 0.485 e. The molecule has 4 rings (SSSR count). The molecule has 2 atom stereocenters. The minimum atomic E-state index is -3.92. The van der Waals surface area contributed by atoms with Crippen LogP contribution in [0.4, 0.5) is 0 Å². The van der Waals surface area contributed by atoms with E-state index in [1.165, 1.54) is 5.56 Å². The van der Waals surface area contributed by atoms with E-state index in [0.29, 0.717) is 29.3 Å². The van der Waals surface area contributed by atoms with E-state index in [9.17, 15) is 13.5 Å². The van der Waals surface area contributed by atoms with Crippen LogP contribution >= 0.6 is 0 Å². The van der Waals surface area contributed by atoms with E-state index in [1.54, 1.807) is 56.3 Å². The Morgan fingerprint density at radius 1 is 1.06 bits per heavy atom. The van der Waals surface area contributed by atoms with E-state index in [-0.39, 0.29) is 4.90 Å². The first-order valence-corrected chi connectivity index (χ1v) is 13.6. The summed E-state index contributed by atoms with van der Waals surface area (Å²) in [4.78, 5) is 4.64. The second kappa shape index (κ2) is 10.4. The summed E-state index contributed by atoms with van der Waals surface area (Å²) >= 11 is 0. The topological polar surface area (TPSA) is 114 Å². The molecular weight excluding hydrogens is 474 g/mol. The Morgan fingerprint density at radius 2 is 1.75 bits per heavy atom. The van der Waals surface area contributed by atoms with Gasteiger partial charge in [-0.2, -0.15) is 0 Å². The first-order valence-electron chi connectivity index (χ1n) is 12.1. The van der Waals surface area contributed by atoms with Crippen molar-refractivity contribution in [3.05, 3.63) is 95.1 Å². The van der Waals surface area contributed by atoms with E-state index >= 15 is 0 Å². The first-order chi connectivity index (χ1) is 17.1. The molecule has 0 aromatic heterocycles. The number of nitrogens with zero attached hydrogens (tertiary/aromatic N) is 1. The second-order valence-electron chi connectivity index (χ2n) is 9.50. The lowest BCUT2D eigenvalue weighted by Crippen LogP contribution is -2.53. The van der Waals surface area contributed by atoms with Gasteiger partial charge in [-0.05, 0) is 68.1 Å². The number of nitrogens with one attached hydrogen (secondary N) is 1. The van der Waals surface area contributed by atoms with Crippen LogP contribution in [0.2, 0.25) is 0 Å². The normalized spacial score (nSPS) is 19.4. The maximum absolute atomic E-state index is 13.2. The fraction of sp³-hybridized carbons (Fsp3) is 0.321. The van der Waals surface area contributed by atoms with Crippen molar-refractivity contribution in [1.82, 2.24) is 4.72 Å². The van der Waals surface area contributed by atoms with Gasteiger partial charge in [-0.3, -0.25) is 4.99 Å². The van der Waals surface area contributed by atoms with Gasteiger partial charge in [0.1, 0.15) is 23.3 Å². The van der Waals surface area contributed by atoms with Gasteiger partial charge in [0.05, 0.1) is 10.9 Å². The molecule has 0 aliphatic carbocycles. The highest BCUT2D eigenvalue weighted by molar-refractivity contribution is 7.89. The lowest BCUT2D eigenvalue weighted by molar-refractivity contribution is -0.0603. The van der Waals surface area contributed by atoms with Gasteiger partial charge in [0, 0.05) is 17.7 Å². The van der Waals surface area contributed by atoms with Gasteiger partial charge < -0.3 is 15.6 Å². The van der Waals surface area contributed by atoms with E-state index in [0.717, 1.165) is 18.4 Å². The van der Waals surface area contributed by atoms with Crippen molar-refractivity contribution in [3.63, 3.8) is 0 Å². The summed E-state index contributed by atoms with van der Waals surface area (Å²) in [6, 6.07) is 21.1. The summed E-state index contributed by atoms with van der Waals surface area (Å²) in [5, 5.41) is 11.1. The third kappa shape index (κ3) is 5.61. The fourth-order valence-electron chi connectivity index (χ4n) is 4.27. The molecule has 1 aliphatic heterocycles. The van der Waals surface area contributed by atoms with Crippen molar-refractivity contribution in [2.45, 2.75) is 56.3 Å². The standard InChI is InChI=1S/C28H33N3O4S/c1-4-19-10-13-22(14-11-19)36(33,34)31-25-23-18-21(12-15-24(23)35-28(2,3)26(25)32)27(29)30-17-16-20-8-6-5-7-9-20/h5-15,18,25-26,31-32H,4,16-17H2,1-3H3,(H2,29,30)/t25-,26+/m1/s1. The van der Waals surface area contributed by atoms with Crippen molar-refractivity contribution in [2.24, 2.45) is 10.7 Å². The number of aryl methyl sites for hydroxylation is 1. The van der Waals surface area contributed by atoms with Crippen LogP contribution in [-0.2, 0) is 22.9 Å². The second-order valence-corrected chi connectivity index (χ2v) is 11.2. The van der Waals surface area contributed by atoms with Crippen LogP contribution in [0.25, 0.3) is 0 Å². The molecule has 8 heteroatoms. The van der Waals surface area contributed by atoms with Crippen molar-refractivity contribution in [3.8, 4) is 5.75 Å². The summed E-state index contributed by atoms with van der Waals surface area (Å²) in [6.45, 7) is 5.98. The molecule has 36 heavy (non-hydrogen) atoms. The molecule has 3 aromatic rings. The predicted octanol–water partition coefficient (Wildman–Crippen LogP) is 3.75. The number of aliphatic hydroxyl groups is 1. The number of nitrogens with two attached hydrogens (primary N) is 1. The summed E-state index contributed by atoms with van der Waals surface area (Å²) in [6.07, 6.45) is 0.425. The molecule has 7 nitrogen and oxygen atoms in total. The Bertz CT molecular complexity index is 1340. The number of hydrogen-bond donors (Lipinski definition) is 3. The van der Waals surface area contributed by atoms with Gasteiger partial charge in [0.25, 0.3) is 0 Å². The van der Waals surface area contributed by atoms with Gasteiger partial charge in [-0.1, -0.05) is 49.4 Å². The Morgan fingerprint density at radius 3 is 2.42 bits per heavy atom. The number of rotatable bonds is 8. The monoisotopic (exact) mass is 507 g/mol. The maximum atomic E-state index is 13.2. The van der Waals surface area contributed by atoms with Gasteiger partial charge >= 0.3 is 0 Å². The average Bonchev–Trinajstić information content (AvgIpc) is 2.87. The van der Waals surface area contributed by atoms with Crippen LogP contribution in [0.15, 0.2) is 82.7 Å². The molecule has 1 heterocycles. The lowest BCUT2D eigenvalue weighted by atomic mass is 9.86. The molecule has 0 unspecified atom stereocenters. The summed E-state index contributed by atoms with van der Waals surface area (Å²) in [7, 11) is -3.92. The van der Waals surface area contributed by atoms with Crippen molar-refractivity contribution in [2.75, 3.05) is 6.54 Å². The molecule has 4 N–H and O–H groups in total. The number of aliphatic imine (C=N–C) groups is 1. The maximum Gasteiger partial charge on any atom is 0.241 e. The minimum absolute atomic E-state index is 0.135. The highest BCUT2D eigenvalue weighted by Gasteiger charge is 2.44. The predicted molar refractivity (Wildman–Crippen MR) is 142 cm³/mol. The number of benzene rings is 3. The number of ether oxygens (including phenoxy) is 1. The zero-order valence-corrected chi connectivity index (χ0v) is 21.6. The van der Waals surface area contributed by atoms with E-state index in [4.69, 9.17) is 10.5 Å². The molecule has 190 valence electrons. The summed E-state index contributed by atoms with van der Waals surface area (Å²) < 4.78 is 35.2. The number of amidine groups is 1. The molecule has 0 bridgehead atoms. The molecule has 3 aromatic carbocycles. The molecule has 0 radical (unpaired) electrons. The highest BCUT2D eigenvalue weighted by Crippen LogP contribution is 2.41. The van der Waals surface area contributed by atoms with Crippen LogP contribution in [-0.4, -0.2) is 37.6 Å². The van der Waals surface area contributed by atoms with Crippen molar-refractivity contribution in [1.29, 1.82) is 0 Å². The number of hydrogen-bond acceptors (Lipinski definition) is 5. The number of fused-ring (bicyclic) bond motifs is 1. The molecule has 0 fully saturated rings. The van der Waals surface area contributed by atoms with E-state index in [2.05, 4.69) is 9.71 Å². The third-order valence-corrected chi connectivity index (χ3v) is 7.95. The molecule has 0 saturated carbocycles. The van der Waals surface area contributed by atoms with Crippen LogP contribution in [0.3, 0.4) is 0 Å². The van der Waals surface area contributed by atoms with Gasteiger partial charge in [-0.25, -0.2) is 13.1 Å². The first kappa shape index (κ1) is 25.9. The van der Waals surface area contributed by atoms with Gasteiger partial charge in [0.2, 0.25) is 10.0 Å². The molecule has 0 spiro atoms. The molecular formula is C28H33N3O4S. The molecule has 0 amide bonds.